The quantitative estimate of drug-likeness (QED) is 0.451. The van der Waals surface area contributed by atoms with Gasteiger partial charge in [-0.25, -0.2) is 0 Å². The van der Waals surface area contributed by atoms with Gasteiger partial charge in [0.15, 0.2) is 0 Å². The zero-order chi connectivity index (χ0) is 17.6. The Morgan fingerprint density at radius 2 is 1.68 bits per heavy atom. The first-order valence-corrected chi connectivity index (χ1v) is 9.31. The standard InChI is InChI=1S/C20H16BrCl2NO/c21-18-11-14(12-24-17-8-6-16(22)7-9-17)5-10-20(18)25-13-15-3-1-2-4-19(15)23/h1-11,24H,12-13H2. The molecule has 0 spiro atoms. The van der Waals surface area contributed by atoms with Gasteiger partial charge in [-0.15, -0.1) is 0 Å². The smallest absolute Gasteiger partial charge is 0.134 e. The van der Waals surface area contributed by atoms with Gasteiger partial charge in [0.05, 0.1) is 4.47 Å². The van der Waals surface area contributed by atoms with E-state index >= 15 is 0 Å². The fraction of sp³-hybridized carbons (Fsp3) is 0.100. The van der Waals surface area contributed by atoms with Crippen LogP contribution in [0.4, 0.5) is 5.69 Å². The Morgan fingerprint density at radius 1 is 0.920 bits per heavy atom. The van der Waals surface area contributed by atoms with Gasteiger partial charge in [0.2, 0.25) is 0 Å². The van der Waals surface area contributed by atoms with Crippen LogP contribution in [0.1, 0.15) is 11.1 Å². The summed E-state index contributed by atoms with van der Waals surface area (Å²) >= 11 is 15.6. The molecule has 25 heavy (non-hydrogen) atoms. The zero-order valence-corrected chi connectivity index (χ0v) is 16.4. The molecule has 0 saturated heterocycles. The Kier molecular flexibility index (Phi) is 6.24. The lowest BCUT2D eigenvalue weighted by Crippen LogP contribution is -2.00. The highest BCUT2D eigenvalue weighted by Crippen LogP contribution is 2.28. The SMILES string of the molecule is Clc1ccc(NCc2ccc(OCc3ccccc3Cl)c(Br)c2)cc1. The molecule has 0 heterocycles. The van der Waals surface area contributed by atoms with E-state index in [0.29, 0.717) is 18.2 Å². The maximum Gasteiger partial charge on any atom is 0.134 e. The normalized spacial score (nSPS) is 10.5. The summed E-state index contributed by atoms with van der Waals surface area (Å²) in [7, 11) is 0. The van der Waals surface area contributed by atoms with Crippen LogP contribution in [0.15, 0.2) is 71.2 Å². The lowest BCUT2D eigenvalue weighted by Gasteiger charge is -2.12. The third-order valence-electron chi connectivity index (χ3n) is 3.68. The molecule has 0 aliphatic carbocycles. The van der Waals surface area contributed by atoms with Crippen molar-refractivity contribution in [2.45, 2.75) is 13.2 Å². The molecule has 0 amide bonds. The van der Waals surface area contributed by atoms with Crippen molar-refractivity contribution >= 4 is 44.8 Å². The molecule has 0 aliphatic rings. The minimum Gasteiger partial charge on any atom is -0.488 e. The van der Waals surface area contributed by atoms with Gasteiger partial charge in [0.25, 0.3) is 0 Å². The van der Waals surface area contributed by atoms with Gasteiger partial charge in [-0.1, -0.05) is 47.5 Å². The summed E-state index contributed by atoms with van der Waals surface area (Å²) in [6.45, 7) is 1.14. The van der Waals surface area contributed by atoms with Crippen LogP contribution in [0.2, 0.25) is 10.0 Å². The molecule has 128 valence electrons. The molecule has 5 heteroatoms. The summed E-state index contributed by atoms with van der Waals surface area (Å²) in [5.74, 6) is 0.787. The first kappa shape index (κ1) is 18.1. The van der Waals surface area contributed by atoms with Crippen LogP contribution in [0, 0.1) is 0 Å². The highest BCUT2D eigenvalue weighted by Gasteiger charge is 2.05. The van der Waals surface area contributed by atoms with Crippen LogP contribution < -0.4 is 10.1 Å². The van der Waals surface area contributed by atoms with Gasteiger partial charge in [-0.3, -0.25) is 0 Å². The number of hydrogen-bond acceptors (Lipinski definition) is 2. The van der Waals surface area contributed by atoms with E-state index in [2.05, 4.69) is 21.2 Å². The van der Waals surface area contributed by atoms with Crippen molar-refractivity contribution in [2.24, 2.45) is 0 Å². The van der Waals surface area contributed by atoms with E-state index in [1.54, 1.807) is 0 Å². The fourth-order valence-electron chi connectivity index (χ4n) is 2.31. The van der Waals surface area contributed by atoms with E-state index in [-0.39, 0.29) is 0 Å². The number of halogens is 3. The summed E-state index contributed by atoms with van der Waals surface area (Å²) in [4.78, 5) is 0. The Hall–Kier alpha value is -1.68. The number of anilines is 1. The molecular formula is C20H16BrCl2NO. The maximum atomic E-state index is 6.16. The number of hydrogen-bond donors (Lipinski definition) is 1. The van der Waals surface area contributed by atoms with Crippen molar-refractivity contribution in [3.05, 3.63) is 92.4 Å². The first-order chi connectivity index (χ1) is 12.1. The van der Waals surface area contributed by atoms with E-state index in [4.69, 9.17) is 27.9 Å². The molecule has 3 rings (SSSR count). The topological polar surface area (TPSA) is 21.3 Å². The number of nitrogens with one attached hydrogen (secondary N) is 1. The predicted octanol–water partition coefficient (Wildman–Crippen LogP) is 6.95. The van der Waals surface area contributed by atoms with Crippen molar-refractivity contribution in [3.63, 3.8) is 0 Å². The molecule has 0 saturated carbocycles. The second-order valence-electron chi connectivity index (χ2n) is 5.51. The van der Waals surface area contributed by atoms with Crippen LogP contribution in [0.25, 0.3) is 0 Å². The van der Waals surface area contributed by atoms with Crippen LogP contribution in [0.5, 0.6) is 5.75 Å². The number of rotatable bonds is 6. The molecule has 0 aromatic heterocycles. The van der Waals surface area contributed by atoms with Gasteiger partial charge >= 0.3 is 0 Å². The van der Waals surface area contributed by atoms with Crippen molar-refractivity contribution in [3.8, 4) is 5.75 Å². The van der Waals surface area contributed by atoms with Crippen molar-refractivity contribution in [2.75, 3.05) is 5.32 Å². The van der Waals surface area contributed by atoms with Gasteiger partial charge < -0.3 is 10.1 Å². The monoisotopic (exact) mass is 435 g/mol. The third kappa shape index (κ3) is 5.15. The largest absolute Gasteiger partial charge is 0.488 e. The van der Waals surface area contributed by atoms with Crippen LogP contribution in [-0.4, -0.2) is 0 Å². The molecule has 0 unspecified atom stereocenters. The van der Waals surface area contributed by atoms with Gasteiger partial charge in [-0.2, -0.15) is 0 Å². The lowest BCUT2D eigenvalue weighted by atomic mass is 10.2. The van der Waals surface area contributed by atoms with Crippen LogP contribution >= 0.6 is 39.1 Å². The van der Waals surface area contributed by atoms with E-state index in [9.17, 15) is 0 Å². The second-order valence-corrected chi connectivity index (χ2v) is 7.20. The molecule has 0 aliphatic heterocycles. The van der Waals surface area contributed by atoms with Crippen molar-refractivity contribution in [1.29, 1.82) is 0 Å². The van der Waals surface area contributed by atoms with E-state index < -0.39 is 0 Å². The Balaban J connectivity index is 1.60. The highest BCUT2D eigenvalue weighted by molar-refractivity contribution is 9.10. The Bertz CT molecular complexity index is 853. The average molecular weight is 437 g/mol. The zero-order valence-electron chi connectivity index (χ0n) is 13.3. The molecule has 0 atom stereocenters. The van der Waals surface area contributed by atoms with Crippen molar-refractivity contribution < 1.29 is 4.74 Å². The van der Waals surface area contributed by atoms with Crippen LogP contribution in [0.3, 0.4) is 0 Å². The fourth-order valence-corrected chi connectivity index (χ4v) is 3.17. The molecule has 1 N–H and O–H groups in total. The second kappa shape index (κ2) is 8.61. The van der Waals surface area contributed by atoms with E-state index in [0.717, 1.165) is 32.1 Å². The van der Waals surface area contributed by atoms with E-state index in [1.807, 2.05) is 66.7 Å². The minimum absolute atomic E-state index is 0.431. The Morgan fingerprint density at radius 3 is 2.40 bits per heavy atom. The summed E-state index contributed by atoms with van der Waals surface area (Å²) in [6, 6.07) is 21.4. The summed E-state index contributed by atoms with van der Waals surface area (Å²) in [6.07, 6.45) is 0. The molecular weight excluding hydrogens is 421 g/mol. The summed E-state index contributed by atoms with van der Waals surface area (Å²) in [5.41, 5.74) is 3.14. The maximum absolute atomic E-state index is 6.16. The predicted molar refractivity (Wildman–Crippen MR) is 109 cm³/mol. The first-order valence-electron chi connectivity index (χ1n) is 7.76. The molecule has 2 nitrogen and oxygen atoms in total. The Labute approximate surface area is 165 Å². The number of benzene rings is 3. The molecule has 0 fully saturated rings. The molecule has 0 radical (unpaired) electrons. The highest BCUT2D eigenvalue weighted by atomic mass is 79.9. The van der Waals surface area contributed by atoms with Crippen molar-refractivity contribution in [1.82, 2.24) is 0 Å². The summed E-state index contributed by atoms with van der Waals surface area (Å²) in [5, 5.41) is 4.80. The lowest BCUT2D eigenvalue weighted by molar-refractivity contribution is 0.304. The molecule has 3 aromatic carbocycles. The van der Waals surface area contributed by atoms with Gasteiger partial charge in [0, 0.05) is 27.8 Å². The minimum atomic E-state index is 0.431. The average Bonchev–Trinajstić information content (AvgIpc) is 2.62. The third-order valence-corrected chi connectivity index (χ3v) is 4.92. The summed E-state index contributed by atoms with van der Waals surface area (Å²) < 4.78 is 6.78. The van der Waals surface area contributed by atoms with Gasteiger partial charge in [-0.05, 0) is 64.0 Å². The molecule has 0 bridgehead atoms. The number of ether oxygens (including phenoxy) is 1. The van der Waals surface area contributed by atoms with E-state index in [1.165, 1.54) is 0 Å². The van der Waals surface area contributed by atoms with Crippen LogP contribution in [-0.2, 0) is 13.2 Å². The molecule has 3 aromatic rings. The van der Waals surface area contributed by atoms with Gasteiger partial charge in [0.1, 0.15) is 12.4 Å².